The van der Waals surface area contributed by atoms with Crippen molar-refractivity contribution >= 4 is 33.5 Å². The highest BCUT2D eigenvalue weighted by atomic mass is 79.9. The minimum atomic E-state index is -0.271. The fourth-order valence-electron chi connectivity index (χ4n) is 1.47. The number of nitrogens with zero attached hydrogens (tertiary/aromatic N) is 3. The van der Waals surface area contributed by atoms with Crippen molar-refractivity contribution < 1.29 is 4.42 Å². The number of aromatic nitrogens is 2. The van der Waals surface area contributed by atoms with Gasteiger partial charge in [-0.05, 0) is 24.6 Å². The Balaban J connectivity index is 2.06. The molecular weight excluding hydrogens is 318 g/mol. The standard InChI is InChI=1S/C12H13BrClN3O/c1-8(14)11-15-16-12(18-11)17(2)7-9-3-5-10(13)6-4-9/h3-6,8H,7H2,1-2H3. The maximum atomic E-state index is 5.88. The van der Waals surface area contributed by atoms with Gasteiger partial charge in [-0.25, -0.2) is 0 Å². The number of alkyl halides is 1. The van der Waals surface area contributed by atoms with Crippen molar-refractivity contribution in [3.8, 4) is 0 Å². The van der Waals surface area contributed by atoms with Crippen molar-refractivity contribution in [3.05, 3.63) is 40.2 Å². The zero-order chi connectivity index (χ0) is 13.1. The lowest BCUT2D eigenvalue weighted by molar-refractivity contribution is 0.489. The molecule has 0 amide bonds. The molecule has 1 aromatic carbocycles. The van der Waals surface area contributed by atoms with Crippen LogP contribution in [0.15, 0.2) is 33.2 Å². The van der Waals surface area contributed by atoms with Crippen LogP contribution in [0.3, 0.4) is 0 Å². The van der Waals surface area contributed by atoms with Gasteiger partial charge in [0.25, 0.3) is 0 Å². The molecular formula is C12H13BrClN3O. The third kappa shape index (κ3) is 3.23. The topological polar surface area (TPSA) is 42.2 Å². The van der Waals surface area contributed by atoms with Crippen LogP contribution in [0.2, 0.25) is 0 Å². The summed E-state index contributed by atoms with van der Waals surface area (Å²) < 4.78 is 6.53. The lowest BCUT2D eigenvalue weighted by Gasteiger charge is -2.13. The van der Waals surface area contributed by atoms with Crippen molar-refractivity contribution in [2.45, 2.75) is 18.8 Å². The number of rotatable bonds is 4. The first kappa shape index (κ1) is 13.4. The fraction of sp³-hybridized carbons (Fsp3) is 0.333. The van der Waals surface area contributed by atoms with Crippen molar-refractivity contribution in [1.29, 1.82) is 0 Å². The van der Waals surface area contributed by atoms with Gasteiger partial charge in [0, 0.05) is 18.1 Å². The average Bonchev–Trinajstić information content (AvgIpc) is 2.81. The molecule has 0 aliphatic heterocycles. The normalized spacial score (nSPS) is 12.4. The Kier molecular flexibility index (Phi) is 4.24. The molecule has 96 valence electrons. The van der Waals surface area contributed by atoms with Crippen molar-refractivity contribution in [2.75, 3.05) is 11.9 Å². The van der Waals surface area contributed by atoms with E-state index in [0.717, 1.165) is 4.47 Å². The number of halogens is 2. The number of hydrogen-bond donors (Lipinski definition) is 0. The fourth-order valence-corrected chi connectivity index (χ4v) is 1.83. The van der Waals surface area contributed by atoms with Crippen LogP contribution in [-0.4, -0.2) is 17.2 Å². The van der Waals surface area contributed by atoms with Crippen molar-refractivity contribution in [1.82, 2.24) is 10.2 Å². The first-order valence-corrected chi connectivity index (χ1v) is 6.72. The molecule has 1 heterocycles. The van der Waals surface area contributed by atoms with E-state index in [4.69, 9.17) is 16.0 Å². The molecule has 1 aromatic heterocycles. The molecule has 1 unspecified atom stereocenters. The lowest BCUT2D eigenvalue weighted by atomic mass is 10.2. The molecule has 0 aliphatic rings. The second-order valence-corrected chi connectivity index (χ2v) is 5.59. The second-order valence-electron chi connectivity index (χ2n) is 4.02. The van der Waals surface area contributed by atoms with Gasteiger partial charge < -0.3 is 9.32 Å². The van der Waals surface area contributed by atoms with E-state index in [0.29, 0.717) is 18.5 Å². The molecule has 0 saturated carbocycles. The molecule has 18 heavy (non-hydrogen) atoms. The molecule has 6 heteroatoms. The van der Waals surface area contributed by atoms with Crippen molar-refractivity contribution in [2.24, 2.45) is 0 Å². The summed E-state index contributed by atoms with van der Waals surface area (Å²) in [6, 6.07) is 8.57. The maximum absolute atomic E-state index is 5.88. The highest BCUT2D eigenvalue weighted by molar-refractivity contribution is 9.10. The molecule has 0 spiro atoms. The summed E-state index contributed by atoms with van der Waals surface area (Å²) in [6.07, 6.45) is 0. The van der Waals surface area contributed by atoms with E-state index in [1.807, 2.05) is 36.2 Å². The second kappa shape index (κ2) is 5.71. The summed E-state index contributed by atoms with van der Waals surface area (Å²) >= 11 is 9.29. The van der Waals surface area contributed by atoms with Crippen LogP contribution in [0, 0.1) is 0 Å². The minimum absolute atomic E-state index is 0.271. The Morgan fingerprint density at radius 2 is 2.00 bits per heavy atom. The van der Waals surface area contributed by atoms with E-state index in [1.165, 1.54) is 5.56 Å². The first-order chi connectivity index (χ1) is 8.56. The van der Waals surface area contributed by atoms with Gasteiger partial charge in [0.15, 0.2) is 0 Å². The summed E-state index contributed by atoms with van der Waals surface area (Å²) in [5.74, 6) is 0.439. The van der Waals surface area contributed by atoms with E-state index in [1.54, 1.807) is 6.92 Å². The zero-order valence-corrected chi connectivity index (χ0v) is 12.4. The number of benzene rings is 1. The minimum Gasteiger partial charge on any atom is -0.406 e. The molecule has 0 bridgehead atoms. The molecule has 0 fully saturated rings. The molecule has 2 aromatic rings. The molecule has 0 saturated heterocycles. The van der Waals surface area contributed by atoms with E-state index < -0.39 is 0 Å². The summed E-state index contributed by atoms with van der Waals surface area (Å²) in [6.45, 7) is 2.50. The molecule has 4 nitrogen and oxygen atoms in total. The van der Waals surface area contributed by atoms with Crippen LogP contribution >= 0.6 is 27.5 Å². The Morgan fingerprint density at radius 1 is 1.33 bits per heavy atom. The van der Waals surface area contributed by atoms with Gasteiger partial charge in [-0.1, -0.05) is 33.2 Å². The van der Waals surface area contributed by atoms with Crippen LogP contribution in [0.5, 0.6) is 0 Å². The third-order valence-corrected chi connectivity index (χ3v) is 3.15. The SMILES string of the molecule is CC(Cl)c1nnc(N(C)Cc2ccc(Br)cc2)o1. The molecule has 0 aliphatic carbocycles. The van der Waals surface area contributed by atoms with E-state index >= 15 is 0 Å². The highest BCUT2D eigenvalue weighted by Gasteiger charge is 2.14. The predicted octanol–water partition coefficient (Wildman–Crippen LogP) is 3.77. The van der Waals surface area contributed by atoms with Gasteiger partial charge >= 0.3 is 6.01 Å². The van der Waals surface area contributed by atoms with Gasteiger partial charge in [0.2, 0.25) is 5.89 Å². The van der Waals surface area contributed by atoms with E-state index in [2.05, 4.69) is 26.1 Å². The van der Waals surface area contributed by atoms with E-state index in [-0.39, 0.29) is 5.38 Å². The summed E-state index contributed by atoms with van der Waals surface area (Å²) in [4.78, 5) is 1.89. The maximum Gasteiger partial charge on any atom is 0.318 e. The largest absolute Gasteiger partial charge is 0.406 e. The van der Waals surface area contributed by atoms with E-state index in [9.17, 15) is 0 Å². The molecule has 0 N–H and O–H groups in total. The predicted molar refractivity (Wildman–Crippen MR) is 74.8 cm³/mol. The summed E-state index contributed by atoms with van der Waals surface area (Å²) in [5, 5.41) is 7.59. The Labute approximate surface area is 119 Å². The monoisotopic (exact) mass is 329 g/mol. The van der Waals surface area contributed by atoms with Gasteiger partial charge in [0.05, 0.1) is 0 Å². The van der Waals surface area contributed by atoms with Gasteiger partial charge in [0.1, 0.15) is 5.38 Å². The van der Waals surface area contributed by atoms with Crippen LogP contribution < -0.4 is 4.90 Å². The Morgan fingerprint density at radius 3 is 2.56 bits per heavy atom. The van der Waals surface area contributed by atoms with Gasteiger partial charge in [-0.3, -0.25) is 0 Å². The molecule has 1 atom stereocenters. The van der Waals surface area contributed by atoms with Gasteiger partial charge in [-0.15, -0.1) is 16.7 Å². The van der Waals surface area contributed by atoms with Crippen molar-refractivity contribution in [3.63, 3.8) is 0 Å². The van der Waals surface area contributed by atoms with Crippen LogP contribution in [0.4, 0.5) is 6.01 Å². The first-order valence-electron chi connectivity index (χ1n) is 5.49. The van der Waals surface area contributed by atoms with Crippen LogP contribution in [-0.2, 0) is 6.54 Å². The van der Waals surface area contributed by atoms with Gasteiger partial charge in [-0.2, -0.15) is 0 Å². The number of anilines is 1. The van der Waals surface area contributed by atoms with Crippen LogP contribution in [0.25, 0.3) is 0 Å². The summed E-state index contributed by atoms with van der Waals surface area (Å²) in [5.41, 5.74) is 1.17. The Bertz CT molecular complexity index is 512. The lowest BCUT2D eigenvalue weighted by Crippen LogP contribution is -2.16. The summed E-state index contributed by atoms with van der Waals surface area (Å²) in [7, 11) is 1.90. The average molecular weight is 331 g/mol. The third-order valence-electron chi connectivity index (χ3n) is 2.43. The smallest absolute Gasteiger partial charge is 0.318 e. The molecule has 2 rings (SSSR count). The quantitative estimate of drug-likeness (QED) is 0.800. The zero-order valence-electron chi connectivity index (χ0n) is 10.1. The highest BCUT2D eigenvalue weighted by Crippen LogP contribution is 2.22. The van der Waals surface area contributed by atoms with Crippen LogP contribution in [0.1, 0.15) is 23.8 Å². The Hall–Kier alpha value is -1.07. The molecule has 0 radical (unpaired) electrons. The number of hydrogen-bond acceptors (Lipinski definition) is 4.